The largest absolute Gasteiger partial charge is 0.416 e. The molecule has 2 aromatic carbocycles. The molecule has 0 spiro atoms. The first kappa shape index (κ1) is 27.8. The quantitative estimate of drug-likeness (QED) is 0.387. The van der Waals surface area contributed by atoms with Gasteiger partial charge in [0.2, 0.25) is 5.91 Å². The number of carbonyl (C=O) groups excluding carboxylic acids is 2. The number of nitrogens with zero attached hydrogens (tertiary/aromatic N) is 2. The van der Waals surface area contributed by atoms with E-state index in [1.807, 2.05) is 24.0 Å². The number of alkyl halides is 3. The monoisotopic (exact) mass is 550 g/mol. The van der Waals surface area contributed by atoms with Crippen LogP contribution in [0.3, 0.4) is 0 Å². The number of benzene rings is 2. The summed E-state index contributed by atoms with van der Waals surface area (Å²) < 4.78 is 39.8. The van der Waals surface area contributed by atoms with E-state index in [1.54, 1.807) is 30.5 Å². The zero-order valence-electron chi connectivity index (χ0n) is 22.4. The van der Waals surface area contributed by atoms with Crippen molar-refractivity contribution in [2.75, 3.05) is 13.1 Å². The zero-order valence-corrected chi connectivity index (χ0v) is 22.4. The molecule has 2 fully saturated rings. The average Bonchev–Trinajstić information content (AvgIpc) is 3.82. The van der Waals surface area contributed by atoms with Crippen molar-refractivity contribution in [2.24, 2.45) is 11.7 Å². The molecule has 1 aromatic heterocycles. The van der Waals surface area contributed by atoms with Crippen molar-refractivity contribution in [3.05, 3.63) is 88.7 Å². The van der Waals surface area contributed by atoms with E-state index in [1.165, 1.54) is 6.07 Å². The van der Waals surface area contributed by atoms with Gasteiger partial charge in [0.1, 0.15) is 5.69 Å². The van der Waals surface area contributed by atoms with Gasteiger partial charge in [0.25, 0.3) is 5.91 Å². The Bertz CT molecular complexity index is 1380. The minimum Gasteiger partial charge on any atom is -0.344 e. The van der Waals surface area contributed by atoms with Crippen LogP contribution in [0.2, 0.25) is 0 Å². The van der Waals surface area contributed by atoms with Crippen LogP contribution in [-0.2, 0) is 17.5 Å². The molecule has 1 atom stereocenters. The Morgan fingerprint density at radius 2 is 1.73 bits per heavy atom. The molecule has 0 bridgehead atoms. The van der Waals surface area contributed by atoms with Crippen molar-refractivity contribution in [3.63, 3.8) is 0 Å². The van der Waals surface area contributed by atoms with Gasteiger partial charge in [-0.15, -0.1) is 0 Å². The molecule has 40 heavy (non-hydrogen) atoms. The maximum absolute atomic E-state index is 13.3. The molecule has 1 aliphatic carbocycles. The summed E-state index contributed by atoms with van der Waals surface area (Å²) in [5.74, 6) is 0.486. The van der Waals surface area contributed by atoms with E-state index >= 15 is 0 Å². The summed E-state index contributed by atoms with van der Waals surface area (Å²) in [4.78, 5) is 31.6. The fraction of sp³-hybridized carbons (Fsp3) is 0.387. The van der Waals surface area contributed by atoms with Gasteiger partial charge < -0.3 is 16.0 Å². The maximum Gasteiger partial charge on any atom is 0.416 e. The number of halogens is 3. The van der Waals surface area contributed by atoms with Gasteiger partial charge in [-0.1, -0.05) is 30.3 Å². The molecule has 9 heteroatoms. The van der Waals surface area contributed by atoms with Crippen molar-refractivity contribution in [3.8, 4) is 11.1 Å². The van der Waals surface area contributed by atoms with Gasteiger partial charge in [0.15, 0.2) is 0 Å². The van der Waals surface area contributed by atoms with Crippen LogP contribution in [0.4, 0.5) is 13.2 Å². The second kappa shape index (κ2) is 11.4. The Hall–Kier alpha value is -3.72. The average molecular weight is 551 g/mol. The Morgan fingerprint density at radius 1 is 1.02 bits per heavy atom. The number of hydrogen-bond acceptors (Lipinski definition) is 4. The summed E-state index contributed by atoms with van der Waals surface area (Å²) in [6, 6.07) is 14.1. The minimum atomic E-state index is -4.45. The molecule has 3 aromatic rings. The predicted molar refractivity (Wildman–Crippen MR) is 146 cm³/mol. The molecule has 1 saturated carbocycles. The minimum absolute atomic E-state index is 0.117. The third-order valence-electron chi connectivity index (χ3n) is 7.95. The van der Waals surface area contributed by atoms with E-state index in [-0.39, 0.29) is 36.2 Å². The number of pyridine rings is 1. The fourth-order valence-electron chi connectivity index (χ4n) is 5.35. The number of likely N-dealkylation sites (tertiary alicyclic amines) is 1. The van der Waals surface area contributed by atoms with Crippen LogP contribution < -0.4 is 11.1 Å². The lowest BCUT2D eigenvalue weighted by atomic mass is 9.89. The molecule has 6 nitrogen and oxygen atoms in total. The van der Waals surface area contributed by atoms with Crippen LogP contribution in [-0.4, -0.2) is 34.8 Å². The standard InChI is InChI=1S/C31H33F3N4O2/c1-19(20-2-4-22(5-3-20)27-17-26(31(32,33)34)9-8-25(27)18-35)37-29(39)28-16-24(10-13-36-28)21-11-14-38(15-12-21)30(40)23-6-7-23/h2-5,8-10,13,16-17,19,21,23H,6-7,11-12,14-15,18,35H2,1H3,(H,37,39)/t19-/m1/s1. The highest BCUT2D eigenvalue weighted by Gasteiger charge is 2.35. The van der Waals surface area contributed by atoms with Crippen molar-refractivity contribution >= 4 is 11.8 Å². The van der Waals surface area contributed by atoms with E-state index < -0.39 is 11.7 Å². The van der Waals surface area contributed by atoms with Crippen LogP contribution in [0.5, 0.6) is 0 Å². The van der Waals surface area contributed by atoms with Gasteiger partial charge in [-0.2, -0.15) is 13.2 Å². The number of nitrogens with one attached hydrogen (secondary N) is 1. The lowest BCUT2D eigenvalue weighted by Gasteiger charge is -2.32. The molecule has 0 radical (unpaired) electrons. The second-order valence-electron chi connectivity index (χ2n) is 10.7. The number of hydrogen-bond donors (Lipinski definition) is 2. The van der Waals surface area contributed by atoms with Crippen LogP contribution in [0.1, 0.15) is 77.3 Å². The van der Waals surface area contributed by atoms with Gasteiger partial charge in [0.05, 0.1) is 11.6 Å². The second-order valence-corrected chi connectivity index (χ2v) is 10.7. The molecule has 1 saturated heterocycles. The molecule has 5 rings (SSSR count). The summed E-state index contributed by atoms with van der Waals surface area (Å²) in [5.41, 5.74) is 8.90. The maximum atomic E-state index is 13.3. The van der Waals surface area contributed by atoms with E-state index in [2.05, 4.69) is 10.3 Å². The van der Waals surface area contributed by atoms with Gasteiger partial charge >= 0.3 is 6.18 Å². The molecule has 210 valence electrons. The fourth-order valence-corrected chi connectivity index (χ4v) is 5.35. The molecule has 2 amide bonds. The van der Waals surface area contributed by atoms with Crippen molar-refractivity contribution in [1.82, 2.24) is 15.2 Å². The highest BCUT2D eigenvalue weighted by molar-refractivity contribution is 5.92. The summed E-state index contributed by atoms with van der Waals surface area (Å²) in [6.45, 7) is 3.44. The highest BCUT2D eigenvalue weighted by atomic mass is 19.4. The molecule has 3 N–H and O–H groups in total. The van der Waals surface area contributed by atoms with Crippen LogP contribution in [0, 0.1) is 5.92 Å². The number of aromatic nitrogens is 1. The lowest BCUT2D eigenvalue weighted by molar-refractivity contribution is -0.137. The summed E-state index contributed by atoms with van der Waals surface area (Å²) in [7, 11) is 0. The van der Waals surface area contributed by atoms with Crippen molar-refractivity contribution in [2.45, 2.75) is 57.3 Å². The van der Waals surface area contributed by atoms with Crippen molar-refractivity contribution in [1.29, 1.82) is 0 Å². The predicted octanol–water partition coefficient (Wildman–Crippen LogP) is 5.83. The van der Waals surface area contributed by atoms with Gasteiger partial charge in [-0.05, 0) is 90.6 Å². The number of rotatable bonds is 7. The van der Waals surface area contributed by atoms with E-state index in [0.29, 0.717) is 22.4 Å². The van der Waals surface area contributed by atoms with Crippen LogP contribution in [0.15, 0.2) is 60.8 Å². The topological polar surface area (TPSA) is 88.3 Å². The van der Waals surface area contributed by atoms with Crippen LogP contribution >= 0.6 is 0 Å². The molecular formula is C31H33F3N4O2. The Morgan fingerprint density at radius 3 is 2.35 bits per heavy atom. The molecule has 2 heterocycles. The Labute approximate surface area is 231 Å². The van der Waals surface area contributed by atoms with E-state index in [9.17, 15) is 22.8 Å². The Kier molecular flexibility index (Phi) is 7.94. The third-order valence-corrected chi connectivity index (χ3v) is 7.95. The summed E-state index contributed by atoms with van der Waals surface area (Å²) in [6.07, 6.45) is 0.951. The lowest BCUT2D eigenvalue weighted by Crippen LogP contribution is -2.38. The van der Waals surface area contributed by atoms with Crippen LogP contribution in [0.25, 0.3) is 11.1 Å². The van der Waals surface area contributed by atoms with Gasteiger partial charge in [-0.25, -0.2) is 0 Å². The number of nitrogens with two attached hydrogens (primary N) is 1. The third kappa shape index (κ3) is 6.20. The van der Waals surface area contributed by atoms with Gasteiger partial charge in [-0.3, -0.25) is 14.6 Å². The summed E-state index contributed by atoms with van der Waals surface area (Å²) >= 11 is 0. The van der Waals surface area contributed by atoms with Crippen molar-refractivity contribution < 1.29 is 22.8 Å². The summed E-state index contributed by atoms with van der Waals surface area (Å²) in [5, 5.41) is 2.97. The molecule has 0 unspecified atom stereocenters. The molecule has 2 aliphatic rings. The van der Waals surface area contributed by atoms with E-state index in [0.717, 1.165) is 62.0 Å². The first-order valence-electron chi connectivity index (χ1n) is 13.7. The smallest absolute Gasteiger partial charge is 0.344 e. The van der Waals surface area contributed by atoms with E-state index in [4.69, 9.17) is 5.73 Å². The first-order valence-corrected chi connectivity index (χ1v) is 13.7. The molecule has 1 aliphatic heterocycles. The normalized spacial score (nSPS) is 17.0. The first-order chi connectivity index (χ1) is 19.1. The Balaban J connectivity index is 1.23. The number of amides is 2. The zero-order chi connectivity index (χ0) is 28.4. The SMILES string of the molecule is C[C@@H](NC(=O)c1cc(C2CCN(C(=O)C3CC3)CC2)ccn1)c1ccc(-c2cc(C(F)(F)F)ccc2CN)cc1. The number of carbonyl (C=O) groups is 2. The molecular weight excluding hydrogens is 517 g/mol. The van der Waals surface area contributed by atoms with Gasteiger partial charge in [0, 0.05) is 31.7 Å². The highest BCUT2D eigenvalue weighted by Crippen LogP contribution is 2.36. The number of piperidine rings is 1.